The standard InChI is InChI=1S/C16H16N2O6S/c1-9-10(2)25-15(14(9)16(20)23-3)17-13(19)8-24-12-6-4-11(5-7-12)18(21)22/h4-7H,8H2,1-3H3,(H,17,19). The molecular weight excluding hydrogens is 348 g/mol. The van der Waals surface area contributed by atoms with E-state index in [1.165, 1.54) is 42.7 Å². The summed E-state index contributed by atoms with van der Waals surface area (Å²) < 4.78 is 10.0. The summed E-state index contributed by atoms with van der Waals surface area (Å²) in [7, 11) is 1.28. The summed E-state index contributed by atoms with van der Waals surface area (Å²) in [6.45, 7) is 3.32. The molecule has 25 heavy (non-hydrogen) atoms. The van der Waals surface area contributed by atoms with Crippen LogP contribution in [0.2, 0.25) is 0 Å². The second-order valence-corrected chi connectivity index (χ2v) is 6.29. The van der Waals surface area contributed by atoms with E-state index < -0.39 is 16.8 Å². The number of esters is 1. The Morgan fingerprint density at radius 3 is 2.44 bits per heavy atom. The topological polar surface area (TPSA) is 108 Å². The minimum atomic E-state index is -0.522. The lowest BCUT2D eigenvalue weighted by Gasteiger charge is -2.08. The van der Waals surface area contributed by atoms with Crippen LogP contribution >= 0.6 is 11.3 Å². The van der Waals surface area contributed by atoms with E-state index in [1.807, 2.05) is 6.92 Å². The van der Waals surface area contributed by atoms with Gasteiger partial charge in [0.1, 0.15) is 10.8 Å². The van der Waals surface area contributed by atoms with Gasteiger partial charge in [-0.25, -0.2) is 4.79 Å². The Morgan fingerprint density at radius 2 is 1.88 bits per heavy atom. The predicted octanol–water partition coefficient (Wildman–Crippen LogP) is 3.08. The summed E-state index contributed by atoms with van der Waals surface area (Å²) in [6, 6.07) is 5.39. The number of amides is 1. The van der Waals surface area contributed by atoms with Crippen LogP contribution in [-0.2, 0) is 9.53 Å². The SMILES string of the molecule is COC(=O)c1c(NC(=O)COc2ccc([N+](=O)[O-])cc2)sc(C)c1C. The van der Waals surface area contributed by atoms with Crippen molar-refractivity contribution < 1.29 is 24.0 Å². The molecule has 0 aliphatic heterocycles. The summed E-state index contributed by atoms with van der Waals surface area (Å²) in [5.74, 6) is -0.648. The maximum atomic E-state index is 12.1. The normalized spacial score (nSPS) is 10.2. The third-order valence-electron chi connectivity index (χ3n) is 3.45. The Balaban J connectivity index is 2.02. The second kappa shape index (κ2) is 7.75. The average Bonchev–Trinajstić information content (AvgIpc) is 2.86. The Kier molecular flexibility index (Phi) is 5.71. The minimum absolute atomic E-state index is 0.0657. The molecule has 1 aromatic carbocycles. The molecule has 0 radical (unpaired) electrons. The molecule has 1 amide bonds. The minimum Gasteiger partial charge on any atom is -0.484 e. The van der Waals surface area contributed by atoms with Crippen molar-refractivity contribution in [3.05, 3.63) is 50.4 Å². The largest absolute Gasteiger partial charge is 0.484 e. The van der Waals surface area contributed by atoms with E-state index in [0.717, 1.165) is 10.4 Å². The van der Waals surface area contributed by atoms with Gasteiger partial charge in [0.15, 0.2) is 6.61 Å². The fraction of sp³-hybridized carbons (Fsp3) is 0.250. The quantitative estimate of drug-likeness (QED) is 0.479. The van der Waals surface area contributed by atoms with Gasteiger partial charge in [-0.05, 0) is 31.5 Å². The number of hydrogen-bond acceptors (Lipinski definition) is 7. The van der Waals surface area contributed by atoms with Crippen molar-refractivity contribution >= 4 is 33.9 Å². The van der Waals surface area contributed by atoms with E-state index in [0.29, 0.717) is 16.3 Å². The zero-order valence-corrected chi connectivity index (χ0v) is 14.6. The van der Waals surface area contributed by atoms with Gasteiger partial charge < -0.3 is 14.8 Å². The van der Waals surface area contributed by atoms with Gasteiger partial charge >= 0.3 is 5.97 Å². The number of nitrogens with one attached hydrogen (secondary N) is 1. The number of hydrogen-bond donors (Lipinski definition) is 1. The van der Waals surface area contributed by atoms with Crippen LogP contribution < -0.4 is 10.1 Å². The lowest BCUT2D eigenvalue weighted by atomic mass is 10.1. The molecule has 8 nitrogen and oxygen atoms in total. The maximum Gasteiger partial charge on any atom is 0.341 e. The third-order valence-corrected chi connectivity index (χ3v) is 4.57. The summed E-state index contributed by atoms with van der Waals surface area (Å²) in [5, 5.41) is 13.6. The number of nitro groups is 1. The number of rotatable bonds is 6. The first-order valence-electron chi connectivity index (χ1n) is 7.19. The van der Waals surface area contributed by atoms with E-state index in [1.54, 1.807) is 6.92 Å². The Morgan fingerprint density at radius 1 is 1.24 bits per heavy atom. The molecule has 2 rings (SSSR count). The molecule has 0 fully saturated rings. The average molecular weight is 364 g/mol. The van der Waals surface area contributed by atoms with E-state index in [-0.39, 0.29) is 12.3 Å². The van der Waals surface area contributed by atoms with E-state index in [4.69, 9.17) is 9.47 Å². The van der Waals surface area contributed by atoms with Crippen LogP contribution in [0.5, 0.6) is 5.75 Å². The van der Waals surface area contributed by atoms with Crippen LogP contribution in [0.1, 0.15) is 20.8 Å². The van der Waals surface area contributed by atoms with E-state index in [2.05, 4.69) is 5.32 Å². The Hall–Kier alpha value is -2.94. The van der Waals surface area contributed by atoms with Crippen LogP contribution in [0.25, 0.3) is 0 Å². The molecule has 9 heteroatoms. The predicted molar refractivity (Wildman–Crippen MR) is 92.4 cm³/mol. The first kappa shape index (κ1) is 18.4. The maximum absolute atomic E-state index is 12.1. The molecule has 0 unspecified atom stereocenters. The Bertz CT molecular complexity index is 813. The number of non-ortho nitro benzene ring substituents is 1. The molecule has 1 N–H and O–H groups in total. The summed E-state index contributed by atoms with van der Waals surface area (Å²) in [5.41, 5.74) is 1.01. The first-order valence-corrected chi connectivity index (χ1v) is 8.00. The summed E-state index contributed by atoms with van der Waals surface area (Å²) >= 11 is 1.28. The third kappa shape index (κ3) is 4.32. The monoisotopic (exact) mass is 364 g/mol. The molecule has 132 valence electrons. The molecule has 0 aliphatic carbocycles. The highest BCUT2D eigenvalue weighted by molar-refractivity contribution is 7.16. The highest BCUT2D eigenvalue weighted by Crippen LogP contribution is 2.32. The lowest BCUT2D eigenvalue weighted by molar-refractivity contribution is -0.384. The zero-order valence-electron chi connectivity index (χ0n) is 13.8. The number of carbonyl (C=O) groups is 2. The molecule has 0 spiro atoms. The van der Waals surface area contributed by atoms with Gasteiger partial charge in [-0.15, -0.1) is 11.3 Å². The van der Waals surface area contributed by atoms with Crippen LogP contribution in [0.4, 0.5) is 10.7 Å². The number of benzene rings is 1. The van der Waals surface area contributed by atoms with Crippen LogP contribution in [0.15, 0.2) is 24.3 Å². The van der Waals surface area contributed by atoms with Crippen molar-refractivity contribution in [1.82, 2.24) is 0 Å². The second-order valence-electron chi connectivity index (χ2n) is 5.07. The number of nitro benzene ring substituents is 1. The number of ether oxygens (including phenoxy) is 2. The number of nitrogens with zero attached hydrogens (tertiary/aromatic N) is 1. The van der Waals surface area contributed by atoms with Crippen molar-refractivity contribution in [2.75, 3.05) is 19.0 Å². The Labute approximate surface area is 147 Å². The van der Waals surface area contributed by atoms with Gasteiger partial charge in [0, 0.05) is 17.0 Å². The van der Waals surface area contributed by atoms with Gasteiger partial charge in [-0.1, -0.05) is 0 Å². The summed E-state index contributed by atoms with van der Waals surface area (Å²) in [6.07, 6.45) is 0. The van der Waals surface area contributed by atoms with E-state index >= 15 is 0 Å². The van der Waals surface area contributed by atoms with Gasteiger partial charge in [-0.2, -0.15) is 0 Å². The highest BCUT2D eigenvalue weighted by atomic mass is 32.1. The van der Waals surface area contributed by atoms with Crippen LogP contribution in [-0.4, -0.2) is 30.5 Å². The number of anilines is 1. The molecule has 1 aromatic heterocycles. The van der Waals surface area contributed by atoms with Crippen molar-refractivity contribution in [2.45, 2.75) is 13.8 Å². The van der Waals surface area contributed by atoms with Crippen molar-refractivity contribution in [2.24, 2.45) is 0 Å². The van der Waals surface area contributed by atoms with Crippen molar-refractivity contribution in [1.29, 1.82) is 0 Å². The number of thiophene rings is 1. The van der Waals surface area contributed by atoms with Crippen molar-refractivity contribution in [3.8, 4) is 5.75 Å². The molecule has 0 bridgehead atoms. The number of carbonyl (C=O) groups excluding carboxylic acids is 2. The van der Waals surface area contributed by atoms with Gasteiger partial charge in [0.25, 0.3) is 11.6 Å². The molecule has 1 heterocycles. The van der Waals surface area contributed by atoms with Gasteiger partial charge in [0.2, 0.25) is 0 Å². The zero-order chi connectivity index (χ0) is 18.6. The number of methoxy groups -OCH3 is 1. The van der Waals surface area contributed by atoms with Gasteiger partial charge in [-0.3, -0.25) is 14.9 Å². The molecule has 2 aromatic rings. The fourth-order valence-electron chi connectivity index (χ4n) is 2.04. The highest BCUT2D eigenvalue weighted by Gasteiger charge is 2.21. The van der Waals surface area contributed by atoms with E-state index in [9.17, 15) is 19.7 Å². The molecular formula is C16H16N2O6S. The van der Waals surface area contributed by atoms with Gasteiger partial charge in [0.05, 0.1) is 17.6 Å². The number of aryl methyl sites for hydroxylation is 1. The first-order chi connectivity index (χ1) is 11.8. The smallest absolute Gasteiger partial charge is 0.341 e. The fourth-order valence-corrected chi connectivity index (χ4v) is 3.10. The lowest BCUT2D eigenvalue weighted by Crippen LogP contribution is -2.21. The van der Waals surface area contributed by atoms with Crippen molar-refractivity contribution in [3.63, 3.8) is 0 Å². The van der Waals surface area contributed by atoms with Crippen LogP contribution in [0, 0.1) is 24.0 Å². The summed E-state index contributed by atoms with van der Waals surface area (Å²) in [4.78, 5) is 34.9. The molecule has 0 saturated heterocycles. The van der Waals surface area contributed by atoms with Crippen LogP contribution in [0.3, 0.4) is 0 Å². The molecule has 0 aliphatic rings. The molecule has 0 atom stereocenters. The molecule has 0 saturated carbocycles.